The molecule has 25 heavy (non-hydrogen) atoms. The van der Waals surface area contributed by atoms with Crippen molar-refractivity contribution >= 4 is 17.5 Å². The van der Waals surface area contributed by atoms with Crippen LogP contribution in [0.15, 0.2) is 54.6 Å². The summed E-state index contributed by atoms with van der Waals surface area (Å²) in [4.78, 5) is 25.7. The smallest absolute Gasteiger partial charge is 0.287 e. The van der Waals surface area contributed by atoms with E-state index in [1.54, 1.807) is 13.2 Å². The normalized spacial score (nSPS) is 18.1. The van der Waals surface area contributed by atoms with Crippen LogP contribution in [0, 0.1) is 0 Å². The Morgan fingerprint density at radius 3 is 2.72 bits per heavy atom. The third-order valence-electron chi connectivity index (χ3n) is 4.30. The zero-order valence-electron chi connectivity index (χ0n) is 14.1. The van der Waals surface area contributed by atoms with E-state index in [0.29, 0.717) is 24.5 Å². The van der Waals surface area contributed by atoms with Gasteiger partial charge < -0.3 is 20.3 Å². The van der Waals surface area contributed by atoms with Gasteiger partial charge in [-0.2, -0.15) is 0 Å². The van der Waals surface area contributed by atoms with Crippen LogP contribution < -0.4 is 20.3 Å². The molecule has 2 aromatic carbocycles. The topological polar surface area (TPSA) is 71.9 Å². The molecule has 0 aliphatic carbocycles. The highest BCUT2D eigenvalue weighted by molar-refractivity contribution is 5.95. The van der Waals surface area contributed by atoms with Crippen LogP contribution in [0.2, 0.25) is 0 Å². The van der Waals surface area contributed by atoms with Crippen LogP contribution in [0.5, 0.6) is 5.75 Å². The molecule has 6 heteroatoms. The number of quaternary nitrogens is 1. The third kappa shape index (κ3) is 4.16. The fourth-order valence-electron chi connectivity index (χ4n) is 3.10. The Hall–Kier alpha value is -2.86. The Morgan fingerprint density at radius 2 is 2.00 bits per heavy atom. The molecule has 3 rings (SSSR count). The van der Waals surface area contributed by atoms with E-state index in [9.17, 15) is 9.59 Å². The molecule has 1 aliphatic heterocycles. The number of carbonyl (C=O) groups is 2. The van der Waals surface area contributed by atoms with Crippen LogP contribution in [0.25, 0.3) is 0 Å². The van der Waals surface area contributed by atoms with Crippen molar-refractivity contribution in [2.45, 2.75) is 6.04 Å². The Morgan fingerprint density at radius 1 is 1.20 bits per heavy atom. The molecule has 0 bridgehead atoms. The van der Waals surface area contributed by atoms with Gasteiger partial charge in [0.15, 0.2) is 12.6 Å². The number of carbonyl (C=O) groups excluding carboxylic acids is 2. The van der Waals surface area contributed by atoms with Crippen molar-refractivity contribution in [1.82, 2.24) is 5.32 Å². The SMILES string of the molecule is COc1cccc(NC(=O)[C@H](c2ccccc2)[NH+]2CCNC(=O)C2)c1. The molecule has 1 unspecified atom stereocenters. The molecule has 0 radical (unpaired) electrons. The van der Waals surface area contributed by atoms with Crippen LogP contribution in [0.1, 0.15) is 11.6 Å². The number of anilines is 1. The summed E-state index contributed by atoms with van der Waals surface area (Å²) in [6.45, 7) is 1.56. The van der Waals surface area contributed by atoms with Gasteiger partial charge in [0, 0.05) is 17.3 Å². The molecule has 2 amide bonds. The second-order valence-corrected chi connectivity index (χ2v) is 6.00. The third-order valence-corrected chi connectivity index (χ3v) is 4.30. The molecule has 1 saturated heterocycles. The lowest BCUT2D eigenvalue weighted by molar-refractivity contribution is -0.915. The van der Waals surface area contributed by atoms with Crippen LogP contribution in [-0.4, -0.2) is 38.6 Å². The maximum atomic E-state index is 13.0. The van der Waals surface area contributed by atoms with E-state index in [-0.39, 0.29) is 18.4 Å². The fourth-order valence-corrected chi connectivity index (χ4v) is 3.10. The van der Waals surface area contributed by atoms with E-state index in [2.05, 4.69) is 10.6 Å². The van der Waals surface area contributed by atoms with Gasteiger partial charge in [-0.15, -0.1) is 0 Å². The average Bonchev–Trinajstić information content (AvgIpc) is 2.63. The maximum Gasteiger partial charge on any atom is 0.287 e. The zero-order chi connectivity index (χ0) is 17.6. The second kappa shape index (κ2) is 7.81. The molecule has 2 aromatic rings. The van der Waals surface area contributed by atoms with Crippen LogP contribution >= 0.6 is 0 Å². The largest absolute Gasteiger partial charge is 0.497 e. The standard InChI is InChI=1S/C19H21N3O3/c1-25-16-9-5-8-15(12-16)21-19(24)18(14-6-3-2-4-7-14)22-11-10-20-17(23)13-22/h2-9,12,18H,10-11,13H2,1H3,(H,20,23)(H,21,24)/p+1/t18-/m0/s1. The number of methoxy groups -OCH3 is 1. The first-order valence-corrected chi connectivity index (χ1v) is 8.28. The molecule has 1 fully saturated rings. The van der Waals surface area contributed by atoms with Gasteiger partial charge in [-0.3, -0.25) is 9.59 Å². The predicted molar refractivity (Wildman–Crippen MR) is 94.5 cm³/mol. The Kier molecular flexibility index (Phi) is 5.30. The lowest BCUT2D eigenvalue weighted by Crippen LogP contribution is -3.16. The van der Waals surface area contributed by atoms with Gasteiger partial charge >= 0.3 is 0 Å². The van der Waals surface area contributed by atoms with Crippen LogP contribution in [-0.2, 0) is 9.59 Å². The van der Waals surface area contributed by atoms with Gasteiger partial charge in [0.2, 0.25) is 0 Å². The quantitative estimate of drug-likeness (QED) is 0.737. The number of rotatable bonds is 5. The summed E-state index contributed by atoms with van der Waals surface area (Å²) >= 11 is 0. The van der Waals surface area contributed by atoms with E-state index < -0.39 is 6.04 Å². The van der Waals surface area contributed by atoms with Gasteiger partial charge in [0.1, 0.15) is 5.75 Å². The minimum Gasteiger partial charge on any atom is -0.497 e. The van der Waals surface area contributed by atoms with Gasteiger partial charge in [0.05, 0.1) is 20.2 Å². The van der Waals surface area contributed by atoms with E-state index in [4.69, 9.17) is 4.74 Å². The number of amides is 2. The Bertz CT molecular complexity index is 749. The van der Waals surface area contributed by atoms with Crippen molar-refractivity contribution in [3.05, 3.63) is 60.2 Å². The summed E-state index contributed by atoms with van der Waals surface area (Å²) < 4.78 is 5.20. The first kappa shape index (κ1) is 17.0. The minimum atomic E-state index is -0.446. The van der Waals surface area contributed by atoms with Gasteiger partial charge in [-0.25, -0.2) is 0 Å². The maximum absolute atomic E-state index is 13.0. The number of hydrogen-bond acceptors (Lipinski definition) is 3. The summed E-state index contributed by atoms with van der Waals surface area (Å²) in [5, 5.41) is 5.77. The summed E-state index contributed by atoms with van der Waals surface area (Å²) in [7, 11) is 1.59. The number of benzene rings is 2. The summed E-state index contributed by atoms with van der Waals surface area (Å²) in [6.07, 6.45) is 0. The first-order chi connectivity index (χ1) is 12.2. The van der Waals surface area contributed by atoms with Crippen LogP contribution in [0.3, 0.4) is 0 Å². The predicted octanol–water partition coefficient (Wildman–Crippen LogP) is 0.390. The highest BCUT2D eigenvalue weighted by atomic mass is 16.5. The average molecular weight is 340 g/mol. The van der Waals surface area contributed by atoms with Crippen molar-refractivity contribution in [2.75, 3.05) is 32.1 Å². The summed E-state index contributed by atoms with van der Waals surface area (Å²) in [5.41, 5.74) is 1.57. The molecule has 0 aromatic heterocycles. The van der Waals surface area contributed by atoms with Crippen LogP contribution in [0.4, 0.5) is 5.69 Å². The Balaban J connectivity index is 1.85. The second-order valence-electron chi connectivity index (χ2n) is 6.00. The highest BCUT2D eigenvalue weighted by Gasteiger charge is 2.34. The molecule has 0 saturated carbocycles. The molecule has 3 N–H and O–H groups in total. The minimum absolute atomic E-state index is 0.0311. The number of hydrogen-bond donors (Lipinski definition) is 3. The number of nitrogens with one attached hydrogen (secondary N) is 3. The molecular weight excluding hydrogens is 318 g/mol. The molecule has 2 atom stereocenters. The lowest BCUT2D eigenvalue weighted by Gasteiger charge is -2.30. The molecule has 1 heterocycles. The van der Waals surface area contributed by atoms with E-state index in [1.165, 1.54) is 0 Å². The van der Waals surface area contributed by atoms with Gasteiger partial charge in [-0.05, 0) is 12.1 Å². The van der Waals surface area contributed by atoms with E-state index in [0.717, 1.165) is 10.5 Å². The summed E-state index contributed by atoms with van der Waals surface area (Å²) in [6, 6.07) is 16.4. The van der Waals surface area contributed by atoms with Crippen molar-refractivity contribution < 1.29 is 19.2 Å². The Labute approximate surface area is 146 Å². The highest BCUT2D eigenvalue weighted by Crippen LogP contribution is 2.19. The monoisotopic (exact) mass is 340 g/mol. The molecule has 1 aliphatic rings. The lowest BCUT2D eigenvalue weighted by atomic mass is 10.0. The van der Waals surface area contributed by atoms with Gasteiger partial charge in [-0.1, -0.05) is 36.4 Å². The molecule has 130 valence electrons. The van der Waals surface area contributed by atoms with E-state index >= 15 is 0 Å². The van der Waals surface area contributed by atoms with Crippen molar-refractivity contribution in [1.29, 1.82) is 0 Å². The van der Waals surface area contributed by atoms with Crippen molar-refractivity contribution in [3.63, 3.8) is 0 Å². The van der Waals surface area contributed by atoms with Crippen molar-refractivity contribution in [2.24, 2.45) is 0 Å². The zero-order valence-corrected chi connectivity index (χ0v) is 14.1. The molecule has 6 nitrogen and oxygen atoms in total. The van der Waals surface area contributed by atoms with Crippen molar-refractivity contribution in [3.8, 4) is 5.75 Å². The van der Waals surface area contributed by atoms with E-state index in [1.807, 2.05) is 48.5 Å². The summed E-state index contributed by atoms with van der Waals surface area (Å²) in [5.74, 6) is 0.513. The first-order valence-electron chi connectivity index (χ1n) is 8.28. The number of piperazine rings is 1. The molecular formula is C19H22N3O3+. The number of ether oxygens (including phenoxy) is 1. The van der Waals surface area contributed by atoms with Gasteiger partial charge in [0.25, 0.3) is 11.8 Å². The fraction of sp³-hybridized carbons (Fsp3) is 0.263. The molecule has 0 spiro atoms.